The molecule has 0 radical (unpaired) electrons. The first-order valence-electron chi connectivity index (χ1n) is 5.69. The van der Waals surface area contributed by atoms with Crippen LogP contribution >= 0.6 is 0 Å². The maximum absolute atomic E-state index is 13.0. The summed E-state index contributed by atoms with van der Waals surface area (Å²) in [5.41, 5.74) is 1.92. The molecule has 16 heavy (non-hydrogen) atoms. The van der Waals surface area contributed by atoms with E-state index in [1.54, 1.807) is 0 Å². The summed E-state index contributed by atoms with van der Waals surface area (Å²) in [5.74, 6) is -2.30. The molecule has 0 atom stereocenters. The third-order valence-electron chi connectivity index (χ3n) is 3.38. The second kappa shape index (κ2) is 4.50. The van der Waals surface area contributed by atoms with Crippen LogP contribution in [0.4, 0.5) is 8.78 Å². The Balaban J connectivity index is 2.14. The van der Waals surface area contributed by atoms with Crippen molar-refractivity contribution in [2.45, 2.75) is 44.1 Å². The fraction of sp³-hybridized carbons (Fsp3) is 0.538. The van der Waals surface area contributed by atoms with Crippen LogP contribution in [0.3, 0.4) is 0 Å². The van der Waals surface area contributed by atoms with Gasteiger partial charge in [0.1, 0.15) is 0 Å². The molecule has 0 saturated heterocycles. The minimum Gasteiger partial charge on any atom is -0.392 e. The Morgan fingerprint density at radius 1 is 1.19 bits per heavy atom. The first kappa shape index (κ1) is 11.5. The van der Waals surface area contributed by atoms with Gasteiger partial charge in [0.25, 0.3) is 0 Å². The van der Waals surface area contributed by atoms with Crippen LogP contribution in [0.25, 0.3) is 0 Å². The Labute approximate surface area is 94.1 Å². The maximum Gasteiger partial charge on any atom is 0.248 e. The van der Waals surface area contributed by atoms with Crippen molar-refractivity contribution >= 4 is 0 Å². The second-order valence-corrected chi connectivity index (χ2v) is 4.49. The molecular weight excluding hydrogens is 210 g/mol. The van der Waals surface area contributed by atoms with Crippen molar-refractivity contribution in [2.24, 2.45) is 0 Å². The van der Waals surface area contributed by atoms with Crippen molar-refractivity contribution in [3.05, 3.63) is 35.4 Å². The van der Waals surface area contributed by atoms with Crippen LogP contribution in [-0.4, -0.2) is 11.0 Å². The molecule has 1 aromatic rings. The van der Waals surface area contributed by atoms with Gasteiger partial charge in [-0.2, -0.15) is 0 Å². The van der Waals surface area contributed by atoms with E-state index in [0.29, 0.717) is 12.8 Å². The topological polar surface area (TPSA) is 20.2 Å². The molecule has 1 fully saturated rings. The summed E-state index contributed by atoms with van der Waals surface area (Å²) in [6.45, 7) is -0.0108. The first-order valence-corrected chi connectivity index (χ1v) is 5.69. The molecule has 0 heterocycles. The normalized spacial score (nSPS) is 20.9. The zero-order chi connectivity index (χ0) is 11.6. The Morgan fingerprint density at radius 3 is 2.44 bits per heavy atom. The molecule has 0 spiro atoms. The summed E-state index contributed by atoms with van der Waals surface area (Å²) in [5, 5.41) is 9.20. The minimum absolute atomic E-state index is 0.0108. The molecule has 88 valence electrons. The van der Waals surface area contributed by atoms with E-state index in [9.17, 15) is 13.9 Å². The van der Waals surface area contributed by atoms with Crippen LogP contribution in [0.15, 0.2) is 24.3 Å². The number of aliphatic hydroxyl groups excluding tert-OH is 1. The molecule has 1 aliphatic rings. The number of aliphatic hydroxyl groups is 1. The number of halogens is 2. The monoisotopic (exact) mass is 226 g/mol. The summed E-state index contributed by atoms with van der Waals surface area (Å²) < 4.78 is 26.1. The van der Waals surface area contributed by atoms with Gasteiger partial charge in [-0.05, 0) is 29.9 Å². The minimum atomic E-state index is -2.48. The lowest BCUT2D eigenvalue weighted by molar-refractivity contribution is -0.0383. The number of rotatable bonds is 2. The van der Waals surface area contributed by atoms with Gasteiger partial charge in [0, 0.05) is 12.8 Å². The first-order chi connectivity index (χ1) is 7.62. The van der Waals surface area contributed by atoms with Crippen LogP contribution in [0, 0.1) is 0 Å². The van der Waals surface area contributed by atoms with Gasteiger partial charge in [-0.15, -0.1) is 0 Å². The highest BCUT2D eigenvalue weighted by molar-refractivity contribution is 5.30. The van der Waals surface area contributed by atoms with E-state index in [4.69, 9.17) is 0 Å². The molecule has 0 amide bonds. The predicted molar refractivity (Wildman–Crippen MR) is 58.5 cm³/mol. The number of alkyl halides is 2. The van der Waals surface area contributed by atoms with Gasteiger partial charge in [-0.1, -0.05) is 24.3 Å². The van der Waals surface area contributed by atoms with Gasteiger partial charge < -0.3 is 5.11 Å². The van der Waals surface area contributed by atoms with E-state index < -0.39 is 5.92 Å². The molecule has 3 heteroatoms. The lowest BCUT2D eigenvalue weighted by atomic mass is 9.80. The van der Waals surface area contributed by atoms with Crippen LogP contribution in [0.2, 0.25) is 0 Å². The van der Waals surface area contributed by atoms with Crippen LogP contribution in [0.1, 0.15) is 42.7 Å². The van der Waals surface area contributed by atoms with Gasteiger partial charge in [0.05, 0.1) is 6.61 Å². The van der Waals surface area contributed by atoms with E-state index >= 15 is 0 Å². The quantitative estimate of drug-likeness (QED) is 0.818. The molecule has 2 rings (SSSR count). The van der Waals surface area contributed by atoms with Crippen molar-refractivity contribution < 1.29 is 13.9 Å². The molecule has 0 bridgehead atoms. The third-order valence-corrected chi connectivity index (χ3v) is 3.38. The molecular formula is C13H16F2O. The van der Waals surface area contributed by atoms with E-state index in [1.807, 2.05) is 24.3 Å². The number of hydrogen-bond donors (Lipinski definition) is 1. The standard InChI is InChI=1S/C13H16F2O/c14-13(15)7-5-10(6-8-13)12-4-2-1-3-11(12)9-16/h1-4,10,16H,5-9H2. The molecule has 1 saturated carbocycles. The largest absolute Gasteiger partial charge is 0.392 e. The molecule has 1 aliphatic carbocycles. The Hall–Kier alpha value is -0.960. The fourth-order valence-corrected chi connectivity index (χ4v) is 2.43. The van der Waals surface area contributed by atoms with E-state index in [1.165, 1.54) is 0 Å². The Kier molecular flexibility index (Phi) is 3.24. The van der Waals surface area contributed by atoms with Crippen LogP contribution in [-0.2, 0) is 6.61 Å². The zero-order valence-corrected chi connectivity index (χ0v) is 9.13. The van der Waals surface area contributed by atoms with Crippen molar-refractivity contribution in [2.75, 3.05) is 0 Å². The zero-order valence-electron chi connectivity index (χ0n) is 9.13. The van der Waals surface area contributed by atoms with Gasteiger partial charge >= 0.3 is 0 Å². The van der Waals surface area contributed by atoms with E-state index in [2.05, 4.69) is 0 Å². The SMILES string of the molecule is OCc1ccccc1C1CCC(F)(F)CC1. The summed E-state index contributed by atoms with van der Waals surface area (Å²) >= 11 is 0. The predicted octanol–water partition coefficient (Wildman–Crippen LogP) is 3.47. The Bertz CT molecular complexity index is 353. The average Bonchev–Trinajstić information content (AvgIpc) is 2.29. The van der Waals surface area contributed by atoms with Crippen molar-refractivity contribution in [3.63, 3.8) is 0 Å². The maximum atomic E-state index is 13.0. The molecule has 1 N–H and O–H groups in total. The summed E-state index contributed by atoms with van der Waals surface area (Å²) in [6.07, 6.45) is 0.975. The lowest BCUT2D eigenvalue weighted by Gasteiger charge is -2.29. The van der Waals surface area contributed by atoms with Gasteiger partial charge in [-0.25, -0.2) is 8.78 Å². The van der Waals surface area contributed by atoms with Crippen molar-refractivity contribution in [3.8, 4) is 0 Å². The van der Waals surface area contributed by atoms with Crippen LogP contribution < -0.4 is 0 Å². The lowest BCUT2D eigenvalue weighted by Crippen LogP contribution is -2.24. The van der Waals surface area contributed by atoms with Crippen molar-refractivity contribution in [1.82, 2.24) is 0 Å². The summed E-state index contributed by atoms with van der Waals surface area (Å²) in [4.78, 5) is 0. The summed E-state index contributed by atoms with van der Waals surface area (Å²) in [7, 11) is 0. The van der Waals surface area contributed by atoms with Gasteiger partial charge in [0.15, 0.2) is 0 Å². The Morgan fingerprint density at radius 2 is 1.81 bits per heavy atom. The molecule has 0 aromatic heterocycles. The second-order valence-electron chi connectivity index (χ2n) is 4.49. The molecule has 0 aliphatic heterocycles. The summed E-state index contributed by atoms with van der Waals surface area (Å²) in [6, 6.07) is 7.58. The average molecular weight is 226 g/mol. The highest BCUT2D eigenvalue weighted by Crippen LogP contribution is 2.41. The number of hydrogen-bond acceptors (Lipinski definition) is 1. The smallest absolute Gasteiger partial charge is 0.248 e. The molecule has 0 unspecified atom stereocenters. The highest BCUT2D eigenvalue weighted by Gasteiger charge is 2.35. The van der Waals surface area contributed by atoms with E-state index in [-0.39, 0.29) is 25.4 Å². The van der Waals surface area contributed by atoms with Crippen LogP contribution in [0.5, 0.6) is 0 Å². The molecule has 1 nitrogen and oxygen atoms in total. The third kappa shape index (κ3) is 2.40. The highest BCUT2D eigenvalue weighted by atomic mass is 19.3. The van der Waals surface area contributed by atoms with Gasteiger partial charge in [-0.3, -0.25) is 0 Å². The van der Waals surface area contributed by atoms with Crippen molar-refractivity contribution in [1.29, 1.82) is 0 Å². The fourth-order valence-electron chi connectivity index (χ4n) is 2.43. The van der Waals surface area contributed by atoms with E-state index in [0.717, 1.165) is 11.1 Å². The van der Waals surface area contributed by atoms with Gasteiger partial charge in [0.2, 0.25) is 5.92 Å². The number of benzene rings is 1. The molecule has 1 aromatic carbocycles.